The molecule has 0 N–H and O–H groups in total. The molecule has 9 aromatic rings. The van der Waals surface area contributed by atoms with E-state index in [2.05, 4.69) is 66.1 Å². The van der Waals surface area contributed by atoms with Gasteiger partial charge in [-0.25, -0.2) is 19.9 Å². The van der Waals surface area contributed by atoms with E-state index in [1.165, 1.54) is 0 Å². The Morgan fingerprint density at radius 1 is 0.667 bits per heavy atom. The fourth-order valence-electron chi connectivity index (χ4n) is 6.70. The summed E-state index contributed by atoms with van der Waals surface area (Å²) < 4.78 is 8.91. The van der Waals surface area contributed by atoms with Crippen LogP contribution in [0.25, 0.3) is 95.0 Å². The maximum atomic E-state index is 6.76. The lowest BCUT2D eigenvalue weighted by Gasteiger charge is -2.12. The number of hydrogen-bond acceptors (Lipinski definition) is 5. The second kappa shape index (κ2) is 9.82. The molecule has 0 bridgehead atoms. The summed E-state index contributed by atoms with van der Waals surface area (Å²) in [6.45, 7) is 4.14. The van der Waals surface area contributed by atoms with E-state index in [1.54, 1.807) is 0 Å². The summed E-state index contributed by atoms with van der Waals surface area (Å²) in [4.78, 5) is 21.0. The Kier molecular flexibility index (Phi) is 5.59. The normalized spacial score (nSPS) is 13.0. The van der Waals surface area contributed by atoms with Crippen LogP contribution in [0.1, 0.15) is 20.3 Å². The highest BCUT2D eigenvalue weighted by Gasteiger charge is 2.26. The maximum Gasteiger partial charge on any atom is 0.235 e. The van der Waals surface area contributed by atoms with Gasteiger partial charge in [0.25, 0.3) is 0 Å². The van der Waals surface area contributed by atoms with Crippen molar-refractivity contribution < 1.29 is 4.42 Å². The Balaban J connectivity index is 1.56. The molecule has 0 amide bonds. The third kappa shape index (κ3) is 3.69. The van der Waals surface area contributed by atoms with Crippen molar-refractivity contribution >= 4 is 77.8 Å². The van der Waals surface area contributed by atoms with E-state index in [0.29, 0.717) is 5.95 Å². The Hall–Kier alpha value is -5.88. The van der Waals surface area contributed by atoms with E-state index in [0.717, 1.165) is 94.1 Å². The molecule has 0 fully saturated rings. The van der Waals surface area contributed by atoms with E-state index in [-0.39, 0.29) is 0 Å². The van der Waals surface area contributed by atoms with Crippen molar-refractivity contribution in [3.63, 3.8) is 0 Å². The highest BCUT2D eigenvalue weighted by Crippen LogP contribution is 2.44. The van der Waals surface area contributed by atoms with Gasteiger partial charge in [0.2, 0.25) is 5.95 Å². The molecule has 0 unspecified atom stereocenters. The Labute approximate surface area is 257 Å². The van der Waals surface area contributed by atoms with E-state index in [1.807, 2.05) is 67.6 Å². The largest absolute Gasteiger partial charge is 0.454 e. The second-order valence-electron chi connectivity index (χ2n) is 11.2. The van der Waals surface area contributed by atoms with Gasteiger partial charge in [0.15, 0.2) is 5.58 Å². The molecule has 0 aliphatic rings. The number of benzene rings is 5. The van der Waals surface area contributed by atoms with Crippen LogP contribution in [0, 0.1) is 0 Å². The summed E-state index contributed by atoms with van der Waals surface area (Å²) in [5, 5.41) is 6.72. The first kappa shape index (κ1) is 25.6. The van der Waals surface area contributed by atoms with E-state index < -0.39 is 0 Å². The molecule has 0 aliphatic heterocycles. The number of fused-ring (bicyclic) bond motifs is 11. The zero-order valence-corrected chi connectivity index (χ0v) is 24.8. The first-order chi connectivity index (χ1) is 22.2. The smallest absolute Gasteiger partial charge is 0.235 e. The van der Waals surface area contributed by atoms with Crippen molar-refractivity contribution in [1.82, 2.24) is 24.5 Å². The number of nitrogens with zero attached hydrogens (tertiary/aromatic N) is 5. The third-order valence-electron chi connectivity index (χ3n) is 8.62. The maximum absolute atomic E-state index is 6.76. The topological polar surface area (TPSA) is 69.6 Å². The molecule has 4 aromatic heterocycles. The standard InChI is InChI=1S/C39H27N5O/c1-3-14-29-27(4-2)40-36-33-26-19-10-13-22-31(26)45-38(33)37-32(35(36)41-29)25-18-9-12-21-30(25)44(37)39-42-28-20-11-8-17-24(28)34(43-39)23-15-6-5-7-16-23/h4-22H,3H2,1-2H3/b27-4+,29-14+. The molecule has 0 aliphatic carbocycles. The molecule has 214 valence electrons. The average Bonchev–Trinajstić information content (AvgIpc) is 3.65. The Morgan fingerprint density at radius 3 is 2.18 bits per heavy atom. The minimum Gasteiger partial charge on any atom is -0.454 e. The molecular weight excluding hydrogens is 554 g/mol. The number of aromatic nitrogens is 5. The summed E-state index contributed by atoms with van der Waals surface area (Å²) in [6, 6.07) is 35.0. The minimum atomic E-state index is 0.576. The first-order valence-electron chi connectivity index (χ1n) is 15.3. The van der Waals surface area contributed by atoms with Crippen LogP contribution in [0.15, 0.2) is 108 Å². The zero-order chi connectivity index (χ0) is 30.1. The Bertz CT molecular complexity index is 2760. The van der Waals surface area contributed by atoms with Crippen LogP contribution in [-0.4, -0.2) is 24.5 Å². The van der Waals surface area contributed by atoms with Gasteiger partial charge in [-0.3, -0.25) is 4.57 Å². The quantitative estimate of drug-likeness (QED) is 0.210. The van der Waals surface area contributed by atoms with Crippen molar-refractivity contribution in [2.45, 2.75) is 20.3 Å². The number of hydrogen-bond donors (Lipinski definition) is 0. The van der Waals surface area contributed by atoms with Crippen LogP contribution in [0.4, 0.5) is 0 Å². The van der Waals surface area contributed by atoms with Crippen molar-refractivity contribution in [1.29, 1.82) is 0 Å². The molecule has 0 radical (unpaired) electrons. The van der Waals surface area contributed by atoms with Gasteiger partial charge in [0, 0.05) is 27.1 Å². The van der Waals surface area contributed by atoms with Gasteiger partial charge in [-0.1, -0.05) is 104 Å². The van der Waals surface area contributed by atoms with Crippen LogP contribution in [0.5, 0.6) is 0 Å². The molecule has 0 saturated carbocycles. The van der Waals surface area contributed by atoms with Crippen LogP contribution < -0.4 is 10.7 Å². The van der Waals surface area contributed by atoms with Gasteiger partial charge in [0.1, 0.15) is 22.1 Å². The fraction of sp³-hybridized carbons (Fsp3) is 0.0769. The summed E-state index contributed by atoms with van der Waals surface area (Å²) >= 11 is 0. The highest BCUT2D eigenvalue weighted by molar-refractivity contribution is 6.33. The average molecular weight is 582 g/mol. The van der Waals surface area contributed by atoms with E-state index in [4.69, 9.17) is 24.4 Å². The first-order valence-corrected chi connectivity index (χ1v) is 15.3. The predicted molar refractivity (Wildman–Crippen MR) is 184 cm³/mol. The second-order valence-corrected chi connectivity index (χ2v) is 11.2. The van der Waals surface area contributed by atoms with Crippen LogP contribution in [-0.2, 0) is 0 Å². The number of rotatable bonds is 3. The predicted octanol–water partition coefficient (Wildman–Crippen LogP) is 8.23. The lowest BCUT2D eigenvalue weighted by atomic mass is 10.1. The molecule has 0 spiro atoms. The van der Waals surface area contributed by atoms with Gasteiger partial charge >= 0.3 is 0 Å². The lowest BCUT2D eigenvalue weighted by Crippen LogP contribution is -2.31. The molecule has 0 saturated heterocycles. The lowest BCUT2D eigenvalue weighted by molar-refractivity contribution is 0.671. The van der Waals surface area contributed by atoms with Crippen molar-refractivity contribution in [2.24, 2.45) is 0 Å². The summed E-state index contributed by atoms with van der Waals surface area (Å²) in [7, 11) is 0. The van der Waals surface area contributed by atoms with Gasteiger partial charge in [0.05, 0.1) is 32.8 Å². The van der Waals surface area contributed by atoms with Gasteiger partial charge in [-0.15, -0.1) is 0 Å². The molecule has 6 heteroatoms. The Morgan fingerprint density at radius 2 is 1.36 bits per heavy atom. The molecule has 4 heterocycles. The molecule has 9 rings (SSSR count). The molecule has 6 nitrogen and oxygen atoms in total. The van der Waals surface area contributed by atoms with Gasteiger partial charge < -0.3 is 4.42 Å². The van der Waals surface area contributed by atoms with Gasteiger partial charge in [-0.2, -0.15) is 0 Å². The van der Waals surface area contributed by atoms with Crippen LogP contribution in [0.3, 0.4) is 0 Å². The third-order valence-corrected chi connectivity index (χ3v) is 8.62. The monoisotopic (exact) mass is 581 g/mol. The van der Waals surface area contributed by atoms with Crippen molar-refractivity contribution in [2.75, 3.05) is 0 Å². The summed E-state index contributed by atoms with van der Waals surface area (Å²) in [5.74, 6) is 0.576. The van der Waals surface area contributed by atoms with E-state index >= 15 is 0 Å². The molecule has 45 heavy (non-hydrogen) atoms. The summed E-state index contributed by atoms with van der Waals surface area (Å²) in [6.07, 6.45) is 5.03. The summed E-state index contributed by atoms with van der Waals surface area (Å²) in [5.41, 5.74) is 7.87. The van der Waals surface area contributed by atoms with Crippen LogP contribution >= 0.6 is 0 Å². The van der Waals surface area contributed by atoms with Gasteiger partial charge in [-0.05, 0) is 31.5 Å². The zero-order valence-electron chi connectivity index (χ0n) is 24.8. The van der Waals surface area contributed by atoms with E-state index in [9.17, 15) is 0 Å². The van der Waals surface area contributed by atoms with Crippen LogP contribution in [0.2, 0.25) is 0 Å². The minimum absolute atomic E-state index is 0.576. The van der Waals surface area contributed by atoms with Crippen molar-refractivity contribution in [3.8, 4) is 17.2 Å². The SMILES string of the molecule is C/C=c1/nc2c(n/c1=C/CC)c1c3ccccc3n(-c3nc(-c4ccccc4)c4ccccc4n3)c1c1oc3ccccc3c21. The number of para-hydroxylation sites is 3. The van der Waals surface area contributed by atoms with Crippen molar-refractivity contribution in [3.05, 3.63) is 114 Å². The fourth-order valence-corrected chi connectivity index (χ4v) is 6.70. The number of furan rings is 1. The molecule has 5 aromatic carbocycles. The molecular formula is C39H27N5O. The molecule has 0 atom stereocenters. The highest BCUT2D eigenvalue weighted by atomic mass is 16.3.